The molecule has 1 aliphatic heterocycles. The van der Waals surface area contributed by atoms with Gasteiger partial charge >= 0.3 is 0 Å². The van der Waals surface area contributed by atoms with Gasteiger partial charge in [-0.25, -0.2) is 0 Å². The molecule has 0 saturated heterocycles. The Morgan fingerprint density at radius 2 is 1.88 bits per heavy atom. The Morgan fingerprint density at radius 3 is 2.80 bits per heavy atom. The summed E-state index contributed by atoms with van der Waals surface area (Å²) in [7, 11) is 2.08. The van der Waals surface area contributed by atoms with Gasteiger partial charge in [-0.2, -0.15) is 0 Å². The van der Waals surface area contributed by atoms with Crippen LogP contribution in [0.15, 0.2) is 42.5 Å². The number of ether oxygens (including phenoxy) is 1. The second kappa shape index (κ2) is 6.79. The predicted molar refractivity (Wildman–Crippen MR) is 99.1 cm³/mol. The summed E-state index contributed by atoms with van der Waals surface area (Å²) in [6.45, 7) is 2.30. The molecule has 0 fully saturated rings. The molecule has 1 amide bonds. The summed E-state index contributed by atoms with van der Waals surface area (Å²) in [5.41, 5.74) is 5.19. The number of hydrogen-bond acceptors (Lipinski definition) is 3. The van der Waals surface area contributed by atoms with Crippen LogP contribution in [-0.2, 0) is 24.2 Å². The molecule has 1 heterocycles. The molecule has 25 heavy (non-hydrogen) atoms. The van der Waals surface area contributed by atoms with E-state index in [2.05, 4.69) is 36.2 Å². The number of carbonyl (C=O) groups excluding carboxylic acids is 1. The van der Waals surface area contributed by atoms with Crippen LogP contribution in [0.1, 0.15) is 23.1 Å². The van der Waals surface area contributed by atoms with E-state index in [0.29, 0.717) is 6.54 Å². The molecule has 0 bridgehead atoms. The quantitative estimate of drug-likeness (QED) is 0.864. The zero-order valence-corrected chi connectivity index (χ0v) is 14.7. The number of benzene rings is 2. The molecule has 0 saturated carbocycles. The van der Waals surface area contributed by atoms with E-state index in [1.54, 1.807) is 0 Å². The van der Waals surface area contributed by atoms with E-state index in [0.717, 1.165) is 31.7 Å². The van der Waals surface area contributed by atoms with Gasteiger partial charge in [-0.05, 0) is 54.2 Å². The molecular weight excluding hydrogens is 312 g/mol. The van der Waals surface area contributed by atoms with E-state index in [1.807, 2.05) is 23.1 Å². The molecule has 4 rings (SSSR count). The summed E-state index contributed by atoms with van der Waals surface area (Å²) in [6, 6.07) is 14.5. The van der Waals surface area contributed by atoms with Gasteiger partial charge in [-0.15, -0.1) is 0 Å². The molecule has 2 aromatic carbocycles. The molecule has 2 aliphatic rings. The van der Waals surface area contributed by atoms with Crippen molar-refractivity contribution in [2.75, 3.05) is 31.6 Å². The van der Waals surface area contributed by atoms with Crippen molar-refractivity contribution < 1.29 is 9.53 Å². The fourth-order valence-electron chi connectivity index (χ4n) is 3.78. The van der Waals surface area contributed by atoms with Crippen LogP contribution >= 0.6 is 0 Å². The van der Waals surface area contributed by atoms with E-state index in [9.17, 15) is 4.79 Å². The smallest absolute Gasteiger partial charge is 0.260 e. The van der Waals surface area contributed by atoms with Gasteiger partial charge in [0, 0.05) is 32.4 Å². The Labute approximate surface area is 149 Å². The Kier molecular flexibility index (Phi) is 4.35. The lowest BCUT2D eigenvalue weighted by atomic mass is 10.1. The summed E-state index contributed by atoms with van der Waals surface area (Å²) in [5, 5.41) is 0. The Balaban J connectivity index is 1.41. The topological polar surface area (TPSA) is 32.8 Å². The molecule has 0 atom stereocenters. The van der Waals surface area contributed by atoms with Gasteiger partial charge in [0.25, 0.3) is 5.91 Å². The molecule has 1 aliphatic carbocycles. The lowest BCUT2D eigenvalue weighted by Crippen LogP contribution is -2.37. The first-order valence-electron chi connectivity index (χ1n) is 9.02. The minimum Gasteiger partial charge on any atom is -0.484 e. The summed E-state index contributed by atoms with van der Waals surface area (Å²) in [5.74, 6) is 0.854. The van der Waals surface area contributed by atoms with Gasteiger partial charge in [0.15, 0.2) is 6.61 Å². The van der Waals surface area contributed by atoms with Crippen LogP contribution in [0, 0.1) is 0 Å². The van der Waals surface area contributed by atoms with Crippen molar-refractivity contribution >= 4 is 11.6 Å². The molecule has 130 valence electrons. The van der Waals surface area contributed by atoms with E-state index >= 15 is 0 Å². The number of para-hydroxylation sites is 1. The van der Waals surface area contributed by atoms with E-state index in [-0.39, 0.29) is 12.5 Å². The number of amides is 1. The average Bonchev–Trinajstić information content (AvgIpc) is 3.04. The Morgan fingerprint density at radius 1 is 1.04 bits per heavy atom. The monoisotopic (exact) mass is 336 g/mol. The third-order valence-electron chi connectivity index (χ3n) is 5.25. The number of likely N-dealkylation sites (N-methyl/N-ethyl adjacent to an activating group) is 1. The molecule has 0 radical (unpaired) electrons. The van der Waals surface area contributed by atoms with Crippen molar-refractivity contribution in [2.45, 2.75) is 25.8 Å². The lowest BCUT2D eigenvalue weighted by Gasteiger charge is -2.21. The van der Waals surface area contributed by atoms with E-state index < -0.39 is 0 Å². The zero-order chi connectivity index (χ0) is 17.2. The molecule has 2 aromatic rings. The largest absolute Gasteiger partial charge is 0.484 e. The maximum Gasteiger partial charge on any atom is 0.260 e. The maximum atomic E-state index is 12.7. The SMILES string of the molecule is CN1CCN(C(=O)COc2ccc3c(c2)CCC3)Cc2ccccc21. The van der Waals surface area contributed by atoms with E-state index in [1.165, 1.54) is 28.8 Å². The van der Waals surface area contributed by atoms with Crippen molar-refractivity contribution in [1.29, 1.82) is 0 Å². The predicted octanol–water partition coefficient (Wildman–Crippen LogP) is 3.03. The van der Waals surface area contributed by atoms with Crippen LogP contribution in [0.3, 0.4) is 0 Å². The van der Waals surface area contributed by atoms with Crippen molar-refractivity contribution in [3.05, 3.63) is 59.2 Å². The van der Waals surface area contributed by atoms with Crippen LogP contribution in [0.25, 0.3) is 0 Å². The van der Waals surface area contributed by atoms with Crippen LogP contribution in [0.5, 0.6) is 5.75 Å². The summed E-state index contributed by atoms with van der Waals surface area (Å²) in [4.78, 5) is 16.8. The fraction of sp³-hybridized carbons (Fsp3) is 0.381. The third-order valence-corrected chi connectivity index (χ3v) is 5.25. The fourth-order valence-corrected chi connectivity index (χ4v) is 3.78. The van der Waals surface area contributed by atoms with Gasteiger partial charge in [0.2, 0.25) is 0 Å². The standard InChI is InChI=1S/C21H24N2O2/c1-22-11-12-23(14-18-5-2-3-8-20(18)22)21(24)15-25-19-10-9-16-6-4-7-17(16)13-19/h2-3,5,8-10,13H,4,6-7,11-12,14-15H2,1H3. The van der Waals surface area contributed by atoms with Crippen molar-refractivity contribution in [3.63, 3.8) is 0 Å². The molecule has 0 N–H and O–H groups in total. The highest BCUT2D eigenvalue weighted by Gasteiger charge is 2.21. The first-order valence-corrected chi connectivity index (χ1v) is 9.02. The normalized spacial score (nSPS) is 16.2. The van der Waals surface area contributed by atoms with Crippen molar-refractivity contribution in [1.82, 2.24) is 4.90 Å². The van der Waals surface area contributed by atoms with Crippen LogP contribution in [0.2, 0.25) is 0 Å². The van der Waals surface area contributed by atoms with Gasteiger partial charge < -0.3 is 14.5 Å². The molecule has 0 spiro atoms. The van der Waals surface area contributed by atoms with E-state index in [4.69, 9.17) is 4.74 Å². The second-order valence-electron chi connectivity index (χ2n) is 6.94. The number of rotatable bonds is 3. The minimum absolute atomic E-state index is 0.0469. The molecule has 4 heteroatoms. The van der Waals surface area contributed by atoms with Crippen LogP contribution in [-0.4, -0.2) is 37.6 Å². The highest BCUT2D eigenvalue weighted by Crippen LogP contribution is 2.26. The molecule has 0 unspecified atom stereocenters. The lowest BCUT2D eigenvalue weighted by molar-refractivity contribution is -0.133. The van der Waals surface area contributed by atoms with Crippen molar-refractivity contribution in [2.24, 2.45) is 0 Å². The van der Waals surface area contributed by atoms with Gasteiger partial charge in [0.05, 0.1) is 0 Å². The molecule has 4 nitrogen and oxygen atoms in total. The van der Waals surface area contributed by atoms with Crippen LogP contribution in [0.4, 0.5) is 5.69 Å². The minimum atomic E-state index is 0.0469. The first kappa shape index (κ1) is 16.0. The maximum absolute atomic E-state index is 12.7. The highest BCUT2D eigenvalue weighted by molar-refractivity contribution is 5.78. The number of hydrogen-bond donors (Lipinski definition) is 0. The number of carbonyl (C=O) groups is 1. The number of aryl methyl sites for hydroxylation is 2. The van der Waals surface area contributed by atoms with Gasteiger partial charge in [-0.3, -0.25) is 4.79 Å². The first-order chi connectivity index (χ1) is 12.2. The average molecular weight is 336 g/mol. The Bertz CT molecular complexity index is 787. The highest BCUT2D eigenvalue weighted by atomic mass is 16.5. The Hall–Kier alpha value is -2.49. The third kappa shape index (κ3) is 3.34. The van der Waals surface area contributed by atoms with Gasteiger partial charge in [0.1, 0.15) is 5.75 Å². The summed E-state index contributed by atoms with van der Waals surface area (Å²) in [6.07, 6.45) is 3.50. The summed E-state index contributed by atoms with van der Waals surface area (Å²) < 4.78 is 5.80. The zero-order valence-electron chi connectivity index (χ0n) is 14.7. The molecular formula is C21H24N2O2. The number of fused-ring (bicyclic) bond motifs is 2. The number of nitrogens with zero attached hydrogens (tertiary/aromatic N) is 2. The van der Waals surface area contributed by atoms with Gasteiger partial charge in [-0.1, -0.05) is 24.3 Å². The van der Waals surface area contributed by atoms with Crippen molar-refractivity contribution in [3.8, 4) is 5.75 Å². The second-order valence-corrected chi connectivity index (χ2v) is 6.94. The summed E-state index contributed by atoms with van der Waals surface area (Å²) >= 11 is 0. The molecule has 0 aromatic heterocycles. The number of anilines is 1. The van der Waals surface area contributed by atoms with Crippen LogP contribution < -0.4 is 9.64 Å².